The minimum atomic E-state index is 0.356. The highest BCUT2D eigenvalue weighted by atomic mass is 16.5. The molecule has 2 heteroatoms. The molecule has 21 heavy (non-hydrogen) atoms. The van der Waals surface area contributed by atoms with Gasteiger partial charge in [-0.15, -0.1) is 0 Å². The first-order chi connectivity index (χ1) is 9.73. The first kappa shape index (κ1) is 17.3. The van der Waals surface area contributed by atoms with Crippen LogP contribution in [0.15, 0.2) is 0 Å². The quantitative estimate of drug-likeness (QED) is 0.806. The van der Waals surface area contributed by atoms with Crippen molar-refractivity contribution in [2.24, 2.45) is 16.7 Å². The summed E-state index contributed by atoms with van der Waals surface area (Å²) in [5.41, 5.74) is 0.801. The molecular weight excluding hydrogens is 258 g/mol. The van der Waals surface area contributed by atoms with Gasteiger partial charge in [0.25, 0.3) is 0 Å². The van der Waals surface area contributed by atoms with E-state index in [9.17, 15) is 0 Å². The van der Waals surface area contributed by atoms with Crippen molar-refractivity contribution in [1.82, 2.24) is 5.32 Å². The van der Waals surface area contributed by atoms with Gasteiger partial charge in [-0.05, 0) is 55.4 Å². The number of hydrogen-bond acceptors (Lipinski definition) is 2. The molecule has 0 aliphatic heterocycles. The Morgan fingerprint density at radius 1 is 1.14 bits per heavy atom. The number of ether oxygens (including phenoxy) is 1. The van der Waals surface area contributed by atoms with E-state index in [-0.39, 0.29) is 0 Å². The molecule has 0 bridgehead atoms. The lowest BCUT2D eigenvalue weighted by molar-refractivity contribution is -0.107. The van der Waals surface area contributed by atoms with Gasteiger partial charge in [0.1, 0.15) is 0 Å². The van der Waals surface area contributed by atoms with Crippen molar-refractivity contribution in [2.75, 3.05) is 6.54 Å². The highest BCUT2D eigenvalue weighted by molar-refractivity contribution is 4.95. The molecule has 0 saturated heterocycles. The Bertz CT molecular complexity index is 336. The largest absolute Gasteiger partial charge is 0.373 e. The standard InChI is InChI=1S/C19H37NO/c1-7-20-17-16(9-8-10-19(17,5)6)21-15-11-14(2)12-18(3,4)13-15/h14-17,20H,7-13H2,1-6H3. The van der Waals surface area contributed by atoms with Gasteiger partial charge in [0, 0.05) is 6.04 Å². The number of likely N-dealkylation sites (N-methyl/N-ethyl adjacent to an activating group) is 1. The lowest BCUT2D eigenvalue weighted by Gasteiger charge is -2.47. The molecule has 4 atom stereocenters. The number of rotatable bonds is 4. The van der Waals surface area contributed by atoms with Crippen LogP contribution in [0.1, 0.15) is 80.1 Å². The van der Waals surface area contributed by atoms with Crippen molar-refractivity contribution in [1.29, 1.82) is 0 Å². The van der Waals surface area contributed by atoms with Crippen LogP contribution in [0, 0.1) is 16.7 Å². The summed E-state index contributed by atoms with van der Waals surface area (Å²) in [6.45, 7) is 15.3. The second-order valence-corrected chi connectivity index (χ2v) is 9.13. The SMILES string of the molecule is CCNC1C(OC2CC(C)CC(C)(C)C2)CCCC1(C)C. The van der Waals surface area contributed by atoms with Gasteiger partial charge in [-0.3, -0.25) is 0 Å². The lowest BCUT2D eigenvalue weighted by Crippen LogP contribution is -2.54. The average Bonchev–Trinajstić information content (AvgIpc) is 2.30. The summed E-state index contributed by atoms with van der Waals surface area (Å²) in [6, 6.07) is 0.511. The van der Waals surface area contributed by atoms with Crippen LogP contribution in [0.2, 0.25) is 0 Å². The van der Waals surface area contributed by atoms with Crippen molar-refractivity contribution in [2.45, 2.75) is 98.3 Å². The van der Waals surface area contributed by atoms with Crippen LogP contribution in [0.3, 0.4) is 0 Å². The van der Waals surface area contributed by atoms with Crippen molar-refractivity contribution in [3.63, 3.8) is 0 Å². The molecule has 0 aromatic heterocycles. The van der Waals surface area contributed by atoms with E-state index in [1.54, 1.807) is 0 Å². The molecule has 0 spiro atoms. The lowest BCUT2D eigenvalue weighted by atomic mass is 9.70. The van der Waals surface area contributed by atoms with Crippen LogP contribution < -0.4 is 5.32 Å². The maximum absolute atomic E-state index is 6.68. The van der Waals surface area contributed by atoms with Gasteiger partial charge < -0.3 is 10.1 Å². The number of nitrogens with one attached hydrogen (secondary N) is 1. The molecule has 2 fully saturated rings. The molecule has 2 saturated carbocycles. The second kappa shape index (κ2) is 6.58. The fourth-order valence-corrected chi connectivity index (χ4v) is 4.97. The van der Waals surface area contributed by atoms with E-state index in [0.717, 1.165) is 12.5 Å². The Morgan fingerprint density at radius 3 is 2.48 bits per heavy atom. The monoisotopic (exact) mass is 295 g/mol. The molecule has 0 aromatic rings. The molecule has 2 nitrogen and oxygen atoms in total. The predicted molar refractivity (Wildman–Crippen MR) is 90.6 cm³/mol. The molecule has 0 amide bonds. The highest BCUT2D eigenvalue weighted by Crippen LogP contribution is 2.42. The third-order valence-electron chi connectivity index (χ3n) is 5.66. The van der Waals surface area contributed by atoms with Gasteiger partial charge in [-0.2, -0.15) is 0 Å². The van der Waals surface area contributed by atoms with Crippen LogP contribution in [0.4, 0.5) is 0 Å². The van der Waals surface area contributed by atoms with Crippen LogP contribution in [-0.4, -0.2) is 24.8 Å². The van der Waals surface area contributed by atoms with Gasteiger partial charge >= 0.3 is 0 Å². The molecular formula is C19H37NO. The molecule has 1 N–H and O–H groups in total. The summed E-state index contributed by atoms with van der Waals surface area (Å²) in [5.74, 6) is 0.799. The minimum Gasteiger partial charge on any atom is -0.373 e. The van der Waals surface area contributed by atoms with Crippen LogP contribution >= 0.6 is 0 Å². The molecule has 124 valence electrons. The Morgan fingerprint density at radius 2 is 1.86 bits per heavy atom. The van der Waals surface area contributed by atoms with E-state index >= 15 is 0 Å². The molecule has 2 aliphatic rings. The van der Waals surface area contributed by atoms with Gasteiger partial charge in [0.05, 0.1) is 12.2 Å². The van der Waals surface area contributed by atoms with E-state index in [4.69, 9.17) is 4.74 Å². The third-order valence-corrected chi connectivity index (χ3v) is 5.66. The topological polar surface area (TPSA) is 21.3 Å². The van der Waals surface area contributed by atoms with Crippen LogP contribution in [-0.2, 0) is 4.74 Å². The Labute approximate surface area is 132 Å². The molecule has 0 heterocycles. The maximum Gasteiger partial charge on any atom is 0.0737 e. The smallest absolute Gasteiger partial charge is 0.0737 e. The Kier molecular flexibility index (Phi) is 5.41. The first-order valence-electron chi connectivity index (χ1n) is 9.12. The van der Waals surface area contributed by atoms with E-state index in [0.29, 0.717) is 29.1 Å². The van der Waals surface area contributed by atoms with Gasteiger partial charge in [0.2, 0.25) is 0 Å². The molecule has 2 aliphatic carbocycles. The molecule has 0 radical (unpaired) electrons. The zero-order valence-electron chi connectivity index (χ0n) is 15.2. The third kappa shape index (κ3) is 4.45. The summed E-state index contributed by atoms with van der Waals surface area (Å²) in [7, 11) is 0. The average molecular weight is 296 g/mol. The number of hydrogen-bond donors (Lipinski definition) is 1. The molecule has 0 aromatic carbocycles. The van der Waals surface area contributed by atoms with Crippen LogP contribution in [0.5, 0.6) is 0 Å². The zero-order valence-corrected chi connectivity index (χ0v) is 15.2. The van der Waals surface area contributed by atoms with E-state index in [1.807, 2.05) is 0 Å². The molecule has 2 rings (SSSR count). The summed E-state index contributed by atoms with van der Waals surface area (Å²) in [6.07, 6.45) is 8.55. The molecule has 4 unspecified atom stereocenters. The van der Waals surface area contributed by atoms with E-state index in [1.165, 1.54) is 38.5 Å². The van der Waals surface area contributed by atoms with Crippen molar-refractivity contribution >= 4 is 0 Å². The predicted octanol–water partition coefficient (Wildman–Crippen LogP) is 4.77. The van der Waals surface area contributed by atoms with Gasteiger partial charge in [-0.1, -0.05) is 48.0 Å². The second-order valence-electron chi connectivity index (χ2n) is 9.13. The van der Waals surface area contributed by atoms with E-state index < -0.39 is 0 Å². The first-order valence-corrected chi connectivity index (χ1v) is 9.12. The Hall–Kier alpha value is -0.0800. The zero-order chi connectivity index (χ0) is 15.7. The summed E-state index contributed by atoms with van der Waals surface area (Å²) in [4.78, 5) is 0. The Balaban J connectivity index is 2.02. The fraction of sp³-hybridized carbons (Fsp3) is 1.00. The van der Waals surface area contributed by atoms with E-state index in [2.05, 4.69) is 46.9 Å². The van der Waals surface area contributed by atoms with Crippen molar-refractivity contribution in [3.8, 4) is 0 Å². The van der Waals surface area contributed by atoms with Crippen molar-refractivity contribution < 1.29 is 4.74 Å². The maximum atomic E-state index is 6.68. The fourth-order valence-electron chi connectivity index (χ4n) is 4.97. The van der Waals surface area contributed by atoms with Gasteiger partial charge in [-0.25, -0.2) is 0 Å². The minimum absolute atomic E-state index is 0.356. The summed E-state index contributed by atoms with van der Waals surface area (Å²) >= 11 is 0. The van der Waals surface area contributed by atoms with Gasteiger partial charge in [0.15, 0.2) is 0 Å². The summed E-state index contributed by atoms with van der Waals surface area (Å²) in [5, 5.41) is 3.72. The van der Waals surface area contributed by atoms with Crippen molar-refractivity contribution in [3.05, 3.63) is 0 Å². The normalized spacial score (nSPS) is 39.1. The highest BCUT2D eigenvalue weighted by Gasteiger charge is 2.41. The summed E-state index contributed by atoms with van der Waals surface area (Å²) < 4.78 is 6.68. The van der Waals surface area contributed by atoms with Crippen LogP contribution in [0.25, 0.3) is 0 Å².